The number of aryl methyl sites for hydroxylation is 1. The molecule has 1 amide bonds. The van der Waals surface area contributed by atoms with Crippen LogP contribution < -0.4 is 0 Å². The molecule has 21 heavy (non-hydrogen) atoms. The molecule has 0 saturated heterocycles. The minimum atomic E-state index is -0.891. The Kier molecular flexibility index (Phi) is 5.64. The van der Waals surface area contributed by atoms with Gasteiger partial charge in [-0.15, -0.1) is 0 Å². The molecular weight excluding hydrogens is 286 g/mol. The molecule has 2 rings (SSSR count). The zero-order valence-corrected chi connectivity index (χ0v) is 12.5. The number of nitrogens with zero attached hydrogens (tertiary/aromatic N) is 1. The average molecular weight is 304 g/mol. The molecule has 110 valence electrons. The molecule has 4 heteroatoms. The van der Waals surface area contributed by atoms with Crippen molar-refractivity contribution in [1.29, 1.82) is 0 Å². The van der Waals surface area contributed by atoms with E-state index in [1.54, 1.807) is 0 Å². The van der Waals surface area contributed by atoms with Gasteiger partial charge in [-0.3, -0.25) is 0 Å². The van der Waals surface area contributed by atoms with Crippen molar-refractivity contribution < 1.29 is 9.90 Å². The second-order valence-electron chi connectivity index (χ2n) is 4.88. The summed E-state index contributed by atoms with van der Waals surface area (Å²) in [4.78, 5) is 12.7. The molecule has 0 aromatic heterocycles. The van der Waals surface area contributed by atoms with E-state index < -0.39 is 6.09 Å². The van der Waals surface area contributed by atoms with Crippen LogP contribution in [0.5, 0.6) is 0 Å². The number of halogens is 1. The summed E-state index contributed by atoms with van der Waals surface area (Å²) in [6, 6.07) is 17.3. The highest BCUT2D eigenvalue weighted by molar-refractivity contribution is 6.31. The molecule has 0 bridgehead atoms. The molecule has 2 aromatic rings. The van der Waals surface area contributed by atoms with E-state index in [2.05, 4.69) is 0 Å². The summed E-state index contributed by atoms with van der Waals surface area (Å²) in [6.45, 7) is 0.911. The molecule has 0 aliphatic rings. The Morgan fingerprint density at radius 1 is 1.05 bits per heavy atom. The van der Waals surface area contributed by atoms with E-state index in [9.17, 15) is 9.90 Å². The SMILES string of the molecule is O=C(O)N(CCCc1ccccc1Cl)Cc1ccccc1. The molecule has 0 spiro atoms. The molecule has 2 aromatic carbocycles. The minimum absolute atomic E-state index is 0.415. The fraction of sp³-hybridized carbons (Fsp3) is 0.235. The van der Waals surface area contributed by atoms with Crippen molar-refractivity contribution in [3.8, 4) is 0 Å². The lowest BCUT2D eigenvalue weighted by Crippen LogP contribution is -2.30. The highest BCUT2D eigenvalue weighted by atomic mass is 35.5. The second kappa shape index (κ2) is 7.70. The van der Waals surface area contributed by atoms with Gasteiger partial charge in [0.25, 0.3) is 0 Å². The first-order chi connectivity index (χ1) is 10.2. The maximum absolute atomic E-state index is 11.3. The maximum atomic E-state index is 11.3. The number of hydrogen-bond donors (Lipinski definition) is 1. The highest BCUT2D eigenvalue weighted by Gasteiger charge is 2.12. The first-order valence-electron chi connectivity index (χ1n) is 6.92. The minimum Gasteiger partial charge on any atom is -0.465 e. The molecule has 0 atom stereocenters. The largest absolute Gasteiger partial charge is 0.465 e. The number of carboxylic acid groups (broad SMARTS) is 1. The van der Waals surface area contributed by atoms with E-state index in [4.69, 9.17) is 11.6 Å². The van der Waals surface area contributed by atoms with Gasteiger partial charge in [-0.2, -0.15) is 0 Å². The Labute approximate surface area is 129 Å². The van der Waals surface area contributed by atoms with E-state index in [0.29, 0.717) is 13.1 Å². The van der Waals surface area contributed by atoms with Gasteiger partial charge in [-0.25, -0.2) is 4.79 Å². The number of rotatable bonds is 6. The third-order valence-corrected chi connectivity index (χ3v) is 3.69. The summed E-state index contributed by atoms with van der Waals surface area (Å²) in [7, 11) is 0. The highest BCUT2D eigenvalue weighted by Crippen LogP contribution is 2.17. The zero-order chi connectivity index (χ0) is 15.1. The lowest BCUT2D eigenvalue weighted by molar-refractivity contribution is 0.141. The lowest BCUT2D eigenvalue weighted by Gasteiger charge is -2.19. The van der Waals surface area contributed by atoms with Gasteiger partial charge in [0.05, 0.1) is 0 Å². The van der Waals surface area contributed by atoms with Crippen LogP contribution in [-0.4, -0.2) is 22.6 Å². The molecule has 0 saturated carbocycles. The van der Waals surface area contributed by atoms with Crippen LogP contribution in [0, 0.1) is 0 Å². The van der Waals surface area contributed by atoms with Crippen molar-refractivity contribution in [3.63, 3.8) is 0 Å². The molecular formula is C17H18ClNO2. The second-order valence-corrected chi connectivity index (χ2v) is 5.29. The Bertz CT molecular complexity index is 586. The number of amides is 1. The third-order valence-electron chi connectivity index (χ3n) is 3.32. The summed E-state index contributed by atoms with van der Waals surface area (Å²) in [5.74, 6) is 0. The molecule has 3 nitrogen and oxygen atoms in total. The summed E-state index contributed by atoms with van der Waals surface area (Å²) >= 11 is 6.10. The monoisotopic (exact) mass is 303 g/mol. The predicted octanol–water partition coefficient (Wildman–Crippen LogP) is 4.45. The van der Waals surface area contributed by atoms with Crippen molar-refractivity contribution in [2.45, 2.75) is 19.4 Å². The van der Waals surface area contributed by atoms with Gasteiger partial charge >= 0.3 is 6.09 Å². The molecule has 1 N–H and O–H groups in total. The summed E-state index contributed by atoms with van der Waals surface area (Å²) < 4.78 is 0. The first-order valence-corrected chi connectivity index (χ1v) is 7.30. The number of benzene rings is 2. The molecule has 0 radical (unpaired) electrons. The summed E-state index contributed by atoms with van der Waals surface area (Å²) in [6.07, 6.45) is 0.638. The van der Waals surface area contributed by atoms with Crippen molar-refractivity contribution in [1.82, 2.24) is 4.90 Å². The van der Waals surface area contributed by atoms with Crippen molar-refractivity contribution in [2.24, 2.45) is 0 Å². The normalized spacial score (nSPS) is 10.3. The Hall–Kier alpha value is -2.00. The van der Waals surface area contributed by atoms with E-state index in [1.165, 1.54) is 4.90 Å². The van der Waals surface area contributed by atoms with E-state index in [1.807, 2.05) is 54.6 Å². The molecule has 0 fully saturated rings. The van der Waals surface area contributed by atoms with Crippen molar-refractivity contribution in [3.05, 3.63) is 70.7 Å². The molecule has 0 aliphatic carbocycles. The van der Waals surface area contributed by atoms with Crippen LogP contribution in [0.3, 0.4) is 0 Å². The first kappa shape index (κ1) is 15.4. The van der Waals surface area contributed by atoms with Crippen LogP contribution in [0.25, 0.3) is 0 Å². The van der Waals surface area contributed by atoms with Gasteiger partial charge in [0.15, 0.2) is 0 Å². The number of hydrogen-bond acceptors (Lipinski definition) is 1. The van der Waals surface area contributed by atoms with Crippen molar-refractivity contribution >= 4 is 17.7 Å². The van der Waals surface area contributed by atoms with Crippen molar-refractivity contribution in [2.75, 3.05) is 6.54 Å². The van der Waals surface area contributed by atoms with Gasteiger partial charge in [-0.1, -0.05) is 60.1 Å². The quantitative estimate of drug-likeness (QED) is 0.856. The Balaban J connectivity index is 1.89. The van der Waals surface area contributed by atoms with Crippen LogP contribution in [0.4, 0.5) is 4.79 Å². The fourth-order valence-electron chi connectivity index (χ4n) is 2.21. The lowest BCUT2D eigenvalue weighted by atomic mass is 10.1. The molecule has 0 aliphatic heterocycles. The summed E-state index contributed by atoms with van der Waals surface area (Å²) in [5.41, 5.74) is 2.06. The Morgan fingerprint density at radius 2 is 1.71 bits per heavy atom. The summed E-state index contributed by atoms with van der Waals surface area (Å²) in [5, 5.41) is 10.0. The molecule has 0 heterocycles. The van der Waals surface area contributed by atoms with Gasteiger partial charge in [0.2, 0.25) is 0 Å². The topological polar surface area (TPSA) is 40.5 Å². The van der Waals surface area contributed by atoms with Gasteiger partial charge in [-0.05, 0) is 30.0 Å². The third kappa shape index (κ3) is 4.80. The van der Waals surface area contributed by atoms with Crippen LogP contribution in [-0.2, 0) is 13.0 Å². The van der Waals surface area contributed by atoms with E-state index >= 15 is 0 Å². The van der Waals surface area contributed by atoms with Gasteiger partial charge < -0.3 is 10.0 Å². The predicted molar refractivity (Wildman–Crippen MR) is 84.6 cm³/mol. The van der Waals surface area contributed by atoms with E-state index in [-0.39, 0.29) is 0 Å². The van der Waals surface area contributed by atoms with E-state index in [0.717, 1.165) is 29.0 Å². The van der Waals surface area contributed by atoms with Gasteiger partial charge in [0.1, 0.15) is 0 Å². The fourth-order valence-corrected chi connectivity index (χ4v) is 2.44. The Morgan fingerprint density at radius 3 is 2.38 bits per heavy atom. The van der Waals surface area contributed by atoms with Crippen LogP contribution in [0.1, 0.15) is 17.5 Å². The van der Waals surface area contributed by atoms with Gasteiger partial charge in [0, 0.05) is 18.1 Å². The average Bonchev–Trinajstić information content (AvgIpc) is 2.49. The van der Waals surface area contributed by atoms with Crippen LogP contribution >= 0.6 is 11.6 Å². The standard InChI is InChI=1S/C17H18ClNO2/c18-16-11-5-4-9-15(16)10-6-12-19(17(20)21)13-14-7-2-1-3-8-14/h1-5,7-9,11H,6,10,12-13H2,(H,20,21). The smallest absolute Gasteiger partial charge is 0.407 e. The van der Waals surface area contributed by atoms with Crippen LogP contribution in [0.2, 0.25) is 5.02 Å². The zero-order valence-electron chi connectivity index (χ0n) is 11.7. The number of carbonyl (C=O) groups is 1. The molecule has 0 unspecified atom stereocenters. The maximum Gasteiger partial charge on any atom is 0.407 e. The van der Waals surface area contributed by atoms with Crippen LogP contribution in [0.15, 0.2) is 54.6 Å².